The van der Waals surface area contributed by atoms with Crippen LogP contribution in [0.5, 0.6) is 0 Å². The largest absolute Gasteiger partial charge is 0.463 e. The Morgan fingerprint density at radius 2 is 1.65 bits per heavy atom. The van der Waals surface area contributed by atoms with Gasteiger partial charge in [-0.25, -0.2) is 0 Å². The van der Waals surface area contributed by atoms with Crippen molar-refractivity contribution in [3.05, 3.63) is 0 Å². The molecule has 1 saturated heterocycles. The molecule has 0 bridgehead atoms. The van der Waals surface area contributed by atoms with Crippen molar-refractivity contribution < 1.29 is 43.1 Å². The Hall–Kier alpha value is -1.26. The molecular weight excluding hydrogens is 312 g/mol. The third-order valence-corrected chi connectivity index (χ3v) is 3.52. The van der Waals surface area contributed by atoms with Gasteiger partial charge in [0.25, 0.3) is 0 Å². The van der Waals surface area contributed by atoms with Gasteiger partial charge in [-0.2, -0.15) is 0 Å². The highest BCUT2D eigenvalue weighted by Crippen LogP contribution is 2.29. The molecular formula is C14H24O9. The first kappa shape index (κ1) is 19.8. The van der Waals surface area contributed by atoms with Crippen molar-refractivity contribution in [2.24, 2.45) is 0 Å². The van der Waals surface area contributed by atoms with Crippen LogP contribution in [0.15, 0.2) is 0 Å². The topological polar surface area (TPSA) is 110 Å². The third-order valence-electron chi connectivity index (χ3n) is 3.52. The molecule has 1 rings (SSSR count). The van der Waals surface area contributed by atoms with Gasteiger partial charge in [0.1, 0.15) is 31.0 Å². The number of aliphatic hydroxyl groups is 1. The van der Waals surface area contributed by atoms with Crippen molar-refractivity contribution in [3.8, 4) is 0 Å². The van der Waals surface area contributed by atoms with Gasteiger partial charge in [-0.3, -0.25) is 9.59 Å². The molecule has 1 fully saturated rings. The molecule has 23 heavy (non-hydrogen) atoms. The standard InChI is InChI=1S/C14H24O9/c1-7(15)21-6-9(18-3)10-11(19-4)12(20-5)13(14(17)23-10)22-8(2)16/h9-14,17H,6H2,1-5H3/t9-,10-,11-,12+,13-,14-/m1/s1. The lowest BCUT2D eigenvalue weighted by molar-refractivity contribution is -0.310. The second-order valence-corrected chi connectivity index (χ2v) is 5.04. The van der Waals surface area contributed by atoms with Crippen molar-refractivity contribution >= 4 is 11.9 Å². The highest BCUT2D eigenvalue weighted by Gasteiger charge is 2.50. The van der Waals surface area contributed by atoms with Crippen molar-refractivity contribution in [1.82, 2.24) is 0 Å². The summed E-state index contributed by atoms with van der Waals surface area (Å²) < 4.78 is 31.4. The van der Waals surface area contributed by atoms with Crippen LogP contribution in [-0.4, -0.2) is 81.8 Å². The van der Waals surface area contributed by atoms with Crippen LogP contribution < -0.4 is 0 Å². The molecule has 0 saturated carbocycles. The summed E-state index contributed by atoms with van der Waals surface area (Å²) >= 11 is 0. The van der Waals surface area contributed by atoms with E-state index in [0.717, 1.165) is 0 Å². The molecule has 0 aromatic heterocycles. The fraction of sp³-hybridized carbons (Fsp3) is 0.857. The van der Waals surface area contributed by atoms with E-state index >= 15 is 0 Å². The summed E-state index contributed by atoms with van der Waals surface area (Å²) in [5.41, 5.74) is 0. The fourth-order valence-corrected chi connectivity index (χ4v) is 2.50. The molecule has 0 radical (unpaired) electrons. The zero-order valence-electron chi connectivity index (χ0n) is 13.9. The number of methoxy groups -OCH3 is 3. The lowest BCUT2D eigenvalue weighted by Crippen LogP contribution is -2.63. The van der Waals surface area contributed by atoms with Crippen LogP contribution in [0.3, 0.4) is 0 Å². The highest BCUT2D eigenvalue weighted by molar-refractivity contribution is 5.66. The number of carbonyl (C=O) groups excluding carboxylic acids is 2. The molecule has 0 spiro atoms. The lowest BCUT2D eigenvalue weighted by atomic mass is 9.94. The number of ether oxygens (including phenoxy) is 6. The molecule has 0 unspecified atom stereocenters. The maximum absolute atomic E-state index is 11.2. The second-order valence-electron chi connectivity index (χ2n) is 5.04. The number of carbonyl (C=O) groups is 2. The third kappa shape index (κ3) is 5.11. The molecule has 9 heteroatoms. The van der Waals surface area contributed by atoms with Gasteiger partial charge >= 0.3 is 11.9 Å². The Bertz CT molecular complexity index is 400. The van der Waals surface area contributed by atoms with Crippen molar-refractivity contribution in [1.29, 1.82) is 0 Å². The van der Waals surface area contributed by atoms with Gasteiger partial charge in [0, 0.05) is 35.2 Å². The molecule has 0 aromatic carbocycles. The van der Waals surface area contributed by atoms with Crippen LogP contribution in [0.2, 0.25) is 0 Å². The maximum Gasteiger partial charge on any atom is 0.303 e. The van der Waals surface area contributed by atoms with Gasteiger partial charge < -0.3 is 33.5 Å². The van der Waals surface area contributed by atoms with Gasteiger partial charge in [-0.05, 0) is 0 Å². The van der Waals surface area contributed by atoms with Crippen LogP contribution in [-0.2, 0) is 38.0 Å². The quantitative estimate of drug-likeness (QED) is 0.600. The predicted molar refractivity (Wildman–Crippen MR) is 75.5 cm³/mol. The average Bonchev–Trinajstić information content (AvgIpc) is 2.49. The molecule has 1 aliphatic rings. The summed E-state index contributed by atoms with van der Waals surface area (Å²) in [5.74, 6) is -1.06. The molecule has 1 N–H and O–H groups in total. The minimum absolute atomic E-state index is 0.0856. The van der Waals surface area contributed by atoms with E-state index in [0.29, 0.717) is 0 Å². The summed E-state index contributed by atoms with van der Waals surface area (Å²) in [6.45, 7) is 2.40. The smallest absolute Gasteiger partial charge is 0.303 e. The molecule has 134 valence electrons. The summed E-state index contributed by atoms with van der Waals surface area (Å²) in [4.78, 5) is 22.2. The summed E-state index contributed by atoms with van der Waals surface area (Å²) in [6.07, 6.45) is -5.48. The molecule has 1 heterocycles. The van der Waals surface area contributed by atoms with Gasteiger partial charge in [0.05, 0.1) is 0 Å². The Morgan fingerprint density at radius 3 is 2.09 bits per heavy atom. The Kier molecular flexibility index (Phi) is 7.86. The van der Waals surface area contributed by atoms with Crippen LogP contribution in [0.25, 0.3) is 0 Å². The Balaban J connectivity index is 2.95. The van der Waals surface area contributed by atoms with E-state index in [1.54, 1.807) is 0 Å². The first-order valence-corrected chi connectivity index (χ1v) is 7.08. The van der Waals surface area contributed by atoms with E-state index in [1.807, 2.05) is 0 Å². The number of hydrogen-bond acceptors (Lipinski definition) is 9. The fourth-order valence-electron chi connectivity index (χ4n) is 2.50. The minimum Gasteiger partial charge on any atom is -0.463 e. The van der Waals surface area contributed by atoms with Gasteiger partial charge in [0.2, 0.25) is 0 Å². The number of rotatable bonds is 7. The Morgan fingerprint density at radius 1 is 1.04 bits per heavy atom. The van der Waals surface area contributed by atoms with E-state index in [-0.39, 0.29) is 6.61 Å². The van der Waals surface area contributed by atoms with Crippen molar-refractivity contribution in [2.75, 3.05) is 27.9 Å². The first-order chi connectivity index (χ1) is 10.8. The average molecular weight is 336 g/mol. The van der Waals surface area contributed by atoms with E-state index in [1.165, 1.54) is 35.2 Å². The number of esters is 2. The monoisotopic (exact) mass is 336 g/mol. The van der Waals surface area contributed by atoms with E-state index in [2.05, 4.69) is 0 Å². The van der Waals surface area contributed by atoms with Crippen molar-refractivity contribution in [2.45, 2.75) is 50.7 Å². The minimum atomic E-state index is -1.43. The van der Waals surface area contributed by atoms with Crippen LogP contribution in [0.1, 0.15) is 13.8 Å². The zero-order chi connectivity index (χ0) is 17.6. The summed E-state index contributed by atoms with van der Waals surface area (Å²) in [5, 5.41) is 10.1. The van der Waals surface area contributed by atoms with E-state index in [4.69, 9.17) is 28.4 Å². The lowest BCUT2D eigenvalue weighted by Gasteiger charge is -2.44. The van der Waals surface area contributed by atoms with Crippen molar-refractivity contribution in [3.63, 3.8) is 0 Å². The number of hydrogen-bond donors (Lipinski definition) is 1. The summed E-state index contributed by atoms with van der Waals surface area (Å²) in [6, 6.07) is 0. The van der Waals surface area contributed by atoms with E-state index < -0.39 is 48.7 Å². The highest BCUT2D eigenvalue weighted by atomic mass is 16.7. The molecule has 0 amide bonds. The molecule has 1 aliphatic heterocycles. The first-order valence-electron chi connectivity index (χ1n) is 7.08. The SMILES string of the molecule is CO[C@H]1[C@H](OC)[C@@H]([C@@H](COC(C)=O)OC)O[C@@H](O)[C@@H]1OC(C)=O. The molecule has 6 atom stereocenters. The summed E-state index contributed by atoms with van der Waals surface area (Å²) in [7, 11) is 4.24. The maximum atomic E-state index is 11.2. The Labute approximate surface area is 134 Å². The van der Waals surface area contributed by atoms with Crippen LogP contribution in [0.4, 0.5) is 0 Å². The zero-order valence-corrected chi connectivity index (χ0v) is 13.9. The van der Waals surface area contributed by atoms with Crippen LogP contribution in [0, 0.1) is 0 Å². The van der Waals surface area contributed by atoms with Gasteiger partial charge in [0.15, 0.2) is 12.4 Å². The molecule has 9 nitrogen and oxygen atoms in total. The molecule has 0 aromatic rings. The predicted octanol–water partition coefficient (Wildman–Crippen LogP) is -0.757. The normalized spacial score (nSPS) is 32.2. The number of aliphatic hydroxyl groups excluding tert-OH is 1. The van der Waals surface area contributed by atoms with Crippen LogP contribution >= 0.6 is 0 Å². The van der Waals surface area contributed by atoms with E-state index in [9.17, 15) is 14.7 Å². The van der Waals surface area contributed by atoms with Gasteiger partial charge in [-0.15, -0.1) is 0 Å². The molecule has 0 aliphatic carbocycles. The van der Waals surface area contributed by atoms with Gasteiger partial charge in [-0.1, -0.05) is 0 Å². The second kappa shape index (κ2) is 9.14.